The third-order valence-electron chi connectivity index (χ3n) is 3.31. The lowest BCUT2D eigenvalue weighted by Crippen LogP contribution is -2.22. The number of carbonyl (C=O) groups is 2. The van der Waals surface area contributed by atoms with Gasteiger partial charge in [0, 0.05) is 28.2 Å². The van der Waals surface area contributed by atoms with Gasteiger partial charge in [0.2, 0.25) is 5.91 Å². The second kappa shape index (κ2) is 7.92. The van der Waals surface area contributed by atoms with E-state index in [1.807, 2.05) is 50.2 Å². The molecule has 0 aliphatic rings. The van der Waals surface area contributed by atoms with E-state index in [9.17, 15) is 9.59 Å². The Bertz CT molecular complexity index is 679. The first kappa shape index (κ1) is 17.2. The van der Waals surface area contributed by atoms with E-state index >= 15 is 0 Å². The zero-order chi connectivity index (χ0) is 16.8. The molecule has 2 aromatic carbocycles. The van der Waals surface area contributed by atoms with Crippen LogP contribution >= 0.6 is 15.9 Å². The molecule has 4 nitrogen and oxygen atoms in total. The third-order valence-corrected chi connectivity index (χ3v) is 3.83. The van der Waals surface area contributed by atoms with Gasteiger partial charge in [-0.25, -0.2) is 0 Å². The zero-order valence-corrected chi connectivity index (χ0v) is 14.7. The maximum atomic E-state index is 12.0. The van der Waals surface area contributed by atoms with Gasteiger partial charge >= 0.3 is 0 Å². The smallest absolute Gasteiger partial charge is 0.251 e. The summed E-state index contributed by atoms with van der Waals surface area (Å²) in [6.07, 6.45) is 0. The van der Waals surface area contributed by atoms with Crippen molar-refractivity contribution in [3.8, 4) is 0 Å². The SMILES string of the molecule is CC(C)C(=O)Nc1ccc(CNC(=O)c2ccc(Br)cc2)cc1. The molecule has 120 valence electrons. The number of anilines is 1. The summed E-state index contributed by atoms with van der Waals surface area (Å²) in [6, 6.07) is 14.6. The molecule has 0 heterocycles. The molecule has 0 saturated carbocycles. The normalized spacial score (nSPS) is 10.4. The van der Waals surface area contributed by atoms with Crippen molar-refractivity contribution in [3.63, 3.8) is 0 Å². The molecule has 0 radical (unpaired) electrons. The number of rotatable bonds is 5. The Morgan fingerprint density at radius 1 is 1.00 bits per heavy atom. The van der Waals surface area contributed by atoms with Gasteiger partial charge < -0.3 is 10.6 Å². The van der Waals surface area contributed by atoms with Crippen LogP contribution in [0.25, 0.3) is 0 Å². The Labute approximate surface area is 144 Å². The van der Waals surface area contributed by atoms with Crippen LogP contribution in [0.3, 0.4) is 0 Å². The zero-order valence-electron chi connectivity index (χ0n) is 13.1. The minimum absolute atomic E-state index is 0.0127. The van der Waals surface area contributed by atoms with Gasteiger partial charge in [0.15, 0.2) is 0 Å². The van der Waals surface area contributed by atoms with Crippen LogP contribution in [0.2, 0.25) is 0 Å². The summed E-state index contributed by atoms with van der Waals surface area (Å²) < 4.78 is 0.938. The molecule has 0 atom stereocenters. The number of hydrogen-bond donors (Lipinski definition) is 2. The summed E-state index contributed by atoms with van der Waals surface area (Å²) in [4.78, 5) is 23.7. The fourth-order valence-corrected chi connectivity index (χ4v) is 2.14. The second-order valence-electron chi connectivity index (χ2n) is 5.53. The Hall–Kier alpha value is -2.14. The Morgan fingerprint density at radius 2 is 1.61 bits per heavy atom. The van der Waals surface area contributed by atoms with Crippen molar-refractivity contribution >= 4 is 33.4 Å². The van der Waals surface area contributed by atoms with Gasteiger partial charge in [-0.1, -0.05) is 41.9 Å². The molecule has 5 heteroatoms. The molecule has 0 aromatic heterocycles. The van der Waals surface area contributed by atoms with E-state index in [0.29, 0.717) is 12.1 Å². The monoisotopic (exact) mass is 374 g/mol. The Balaban J connectivity index is 1.90. The van der Waals surface area contributed by atoms with Gasteiger partial charge in [0.25, 0.3) is 5.91 Å². The fraction of sp³-hybridized carbons (Fsp3) is 0.222. The maximum absolute atomic E-state index is 12.0. The summed E-state index contributed by atoms with van der Waals surface area (Å²) in [5.74, 6) is -0.184. The molecule has 2 amide bonds. The summed E-state index contributed by atoms with van der Waals surface area (Å²) in [7, 11) is 0. The van der Waals surface area contributed by atoms with Crippen molar-refractivity contribution < 1.29 is 9.59 Å². The summed E-state index contributed by atoms with van der Waals surface area (Å²) in [5, 5.41) is 5.71. The van der Waals surface area contributed by atoms with Crippen LogP contribution in [-0.4, -0.2) is 11.8 Å². The largest absolute Gasteiger partial charge is 0.348 e. The van der Waals surface area contributed by atoms with Crippen molar-refractivity contribution in [2.45, 2.75) is 20.4 Å². The lowest BCUT2D eigenvalue weighted by Gasteiger charge is -2.09. The first-order valence-electron chi connectivity index (χ1n) is 7.39. The van der Waals surface area contributed by atoms with Gasteiger partial charge in [0.1, 0.15) is 0 Å². The van der Waals surface area contributed by atoms with Crippen LogP contribution in [0.5, 0.6) is 0 Å². The van der Waals surface area contributed by atoms with Gasteiger partial charge in [-0.05, 0) is 42.0 Å². The van der Waals surface area contributed by atoms with Crippen LogP contribution in [0.15, 0.2) is 53.0 Å². The van der Waals surface area contributed by atoms with Crippen molar-refractivity contribution in [1.82, 2.24) is 5.32 Å². The minimum Gasteiger partial charge on any atom is -0.348 e. The van der Waals surface area contributed by atoms with E-state index in [0.717, 1.165) is 15.7 Å². The average Bonchev–Trinajstić information content (AvgIpc) is 2.54. The van der Waals surface area contributed by atoms with Gasteiger partial charge in [-0.15, -0.1) is 0 Å². The highest BCUT2D eigenvalue weighted by Gasteiger charge is 2.07. The van der Waals surface area contributed by atoms with Crippen LogP contribution in [0, 0.1) is 5.92 Å². The molecule has 0 aliphatic carbocycles. The Morgan fingerprint density at radius 3 is 2.17 bits per heavy atom. The molecule has 2 aromatic rings. The molecule has 0 bridgehead atoms. The first-order chi connectivity index (χ1) is 11.0. The van der Waals surface area contributed by atoms with Crippen molar-refractivity contribution in [2.75, 3.05) is 5.32 Å². The lowest BCUT2D eigenvalue weighted by atomic mass is 10.1. The standard InChI is InChI=1S/C18H19BrN2O2/c1-12(2)17(22)21-16-9-3-13(4-10-16)11-20-18(23)14-5-7-15(19)8-6-14/h3-10,12H,11H2,1-2H3,(H,20,23)(H,21,22). The first-order valence-corrected chi connectivity index (χ1v) is 8.18. The number of nitrogens with one attached hydrogen (secondary N) is 2. The van der Waals surface area contributed by atoms with E-state index in [-0.39, 0.29) is 17.7 Å². The van der Waals surface area contributed by atoms with Crippen molar-refractivity contribution in [3.05, 3.63) is 64.1 Å². The van der Waals surface area contributed by atoms with Crippen LogP contribution in [0.4, 0.5) is 5.69 Å². The number of carbonyl (C=O) groups excluding carboxylic acids is 2. The van der Waals surface area contributed by atoms with Gasteiger partial charge in [0.05, 0.1) is 0 Å². The molecule has 23 heavy (non-hydrogen) atoms. The minimum atomic E-state index is -0.116. The number of hydrogen-bond acceptors (Lipinski definition) is 2. The lowest BCUT2D eigenvalue weighted by molar-refractivity contribution is -0.118. The molecular formula is C18H19BrN2O2. The highest BCUT2D eigenvalue weighted by Crippen LogP contribution is 2.12. The molecule has 0 unspecified atom stereocenters. The second-order valence-corrected chi connectivity index (χ2v) is 6.45. The summed E-state index contributed by atoms with van der Waals surface area (Å²) in [5.41, 5.74) is 2.35. The molecule has 2 N–H and O–H groups in total. The van der Waals surface area contributed by atoms with Crippen LogP contribution in [0.1, 0.15) is 29.8 Å². The molecular weight excluding hydrogens is 356 g/mol. The van der Waals surface area contributed by atoms with E-state index < -0.39 is 0 Å². The maximum Gasteiger partial charge on any atom is 0.251 e. The van der Waals surface area contributed by atoms with Crippen molar-refractivity contribution in [1.29, 1.82) is 0 Å². The summed E-state index contributed by atoms with van der Waals surface area (Å²) in [6.45, 7) is 4.13. The van der Waals surface area contributed by atoms with E-state index in [2.05, 4.69) is 26.6 Å². The summed E-state index contributed by atoms with van der Waals surface area (Å²) >= 11 is 3.34. The fourth-order valence-electron chi connectivity index (χ4n) is 1.88. The number of halogens is 1. The van der Waals surface area contributed by atoms with Gasteiger partial charge in [-0.3, -0.25) is 9.59 Å². The topological polar surface area (TPSA) is 58.2 Å². The predicted octanol–water partition coefficient (Wildman–Crippen LogP) is 3.97. The average molecular weight is 375 g/mol. The molecule has 0 spiro atoms. The van der Waals surface area contributed by atoms with E-state index in [1.165, 1.54) is 0 Å². The van der Waals surface area contributed by atoms with E-state index in [1.54, 1.807) is 12.1 Å². The van der Waals surface area contributed by atoms with Crippen LogP contribution in [-0.2, 0) is 11.3 Å². The quantitative estimate of drug-likeness (QED) is 0.831. The molecule has 2 rings (SSSR count). The molecule has 0 aliphatic heterocycles. The number of amides is 2. The van der Waals surface area contributed by atoms with Crippen molar-refractivity contribution in [2.24, 2.45) is 5.92 Å². The van der Waals surface area contributed by atoms with E-state index in [4.69, 9.17) is 0 Å². The molecule has 0 fully saturated rings. The van der Waals surface area contributed by atoms with Gasteiger partial charge in [-0.2, -0.15) is 0 Å². The van der Waals surface area contributed by atoms with Crippen LogP contribution < -0.4 is 10.6 Å². The highest BCUT2D eigenvalue weighted by molar-refractivity contribution is 9.10. The number of benzene rings is 2. The third kappa shape index (κ3) is 5.21. The Kier molecular flexibility index (Phi) is 5.93. The highest BCUT2D eigenvalue weighted by atomic mass is 79.9. The molecule has 0 saturated heterocycles. The predicted molar refractivity (Wildman–Crippen MR) is 95.2 cm³/mol.